The van der Waals surface area contributed by atoms with Gasteiger partial charge in [0.1, 0.15) is 0 Å². The van der Waals surface area contributed by atoms with E-state index in [1.54, 1.807) is 19.3 Å². The molecule has 0 heterocycles. The summed E-state index contributed by atoms with van der Waals surface area (Å²) in [4.78, 5) is 0. The maximum Gasteiger partial charge on any atom is 0.0540 e. The lowest BCUT2D eigenvalue weighted by Gasteiger charge is -2.45. The molecule has 1 nitrogen and oxygen atoms in total. The Balaban J connectivity index is 1.36. The average Bonchev–Trinajstić information content (AvgIpc) is 2.67. The molecular formula is C25H46O. The Hall–Kier alpha value is -0.0400. The molecular weight excluding hydrogens is 316 g/mol. The fourth-order valence-electron chi connectivity index (χ4n) is 6.85. The largest absolute Gasteiger partial charge is 0.393 e. The summed E-state index contributed by atoms with van der Waals surface area (Å²) in [6.45, 7) is 4.31. The number of hydrogen-bond donors (Lipinski definition) is 1. The smallest absolute Gasteiger partial charge is 0.0540 e. The van der Waals surface area contributed by atoms with Crippen molar-refractivity contribution in [1.29, 1.82) is 0 Å². The molecule has 0 aromatic heterocycles. The lowest BCUT2D eigenvalue weighted by molar-refractivity contribution is 0.0394. The van der Waals surface area contributed by atoms with E-state index in [-0.39, 0.29) is 6.10 Å². The topological polar surface area (TPSA) is 20.2 Å². The van der Waals surface area contributed by atoms with Crippen LogP contribution in [-0.2, 0) is 0 Å². The van der Waals surface area contributed by atoms with E-state index < -0.39 is 0 Å². The van der Waals surface area contributed by atoms with Gasteiger partial charge in [0.05, 0.1) is 6.10 Å². The van der Waals surface area contributed by atoms with Crippen LogP contribution in [0.25, 0.3) is 0 Å². The van der Waals surface area contributed by atoms with E-state index in [0.717, 1.165) is 29.6 Å². The van der Waals surface area contributed by atoms with Gasteiger partial charge in [-0.1, -0.05) is 51.9 Å². The molecule has 0 bridgehead atoms. The summed E-state index contributed by atoms with van der Waals surface area (Å²) in [7, 11) is 0. The molecule has 26 heavy (non-hydrogen) atoms. The van der Waals surface area contributed by atoms with Crippen molar-refractivity contribution in [2.45, 2.75) is 123 Å². The minimum absolute atomic E-state index is 0.0797. The van der Waals surface area contributed by atoms with Crippen molar-refractivity contribution >= 4 is 0 Å². The van der Waals surface area contributed by atoms with Gasteiger partial charge in [0.2, 0.25) is 0 Å². The summed E-state index contributed by atoms with van der Waals surface area (Å²) in [5.74, 6) is 5.82. The Labute approximate surface area is 163 Å². The van der Waals surface area contributed by atoms with Crippen LogP contribution in [0.3, 0.4) is 0 Å². The number of unbranched alkanes of at least 4 members (excludes halogenated alkanes) is 4. The summed E-state index contributed by atoms with van der Waals surface area (Å²) in [5, 5.41) is 9.86. The molecule has 0 aromatic carbocycles. The Bertz CT molecular complexity index is 382. The Morgan fingerprint density at radius 1 is 0.692 bits per heavy atom. The van der Waals surface area contributed by atoms with Crippen LogP contribution >= 0.6 is 0 Å². The lowest BCUT2D eigenvalue weighted by Crippen LogP contribution is -2.35. The zero-order valence-electron chi connectivity index (χ0n) is 17.8. The van der Waals surface area contributed by atoms with Gasteiger partial charge in [0.25, 0.3) is 0 Å². The highest BCUT2D eigenvalue weighted by Gasteiger charge is 2.38. The number of rotatable bonds is 8. The van der Waals surface area contributed by atoms with Gasteiger partial charge in [-0.2, -0.15) is 0 Å². The fraction of sp³-hybridized carbons (Fsp3) is 1.00. The van der Waals surface area contributed by atoms with Crippen molar-refractivity contribution in [3.05, 3.63) is 0 Å². The molecule has 0 spiro atoms. The molecule has 3 rings (SSSR count). The molecule has 152 valence electrons. The molecule has 0 saturated heterocycles. The van der Waals surface area contributed by atoms with Gasteiger partial charge >= 0.3 is 0 Å². The first-order valence-corrected chi connectivity index (χ1v) is 12.3. The normalized spacial score (nSPS) is 39.3. The molecule has 0 aliphatic heterocycles. The monoisotopic (exact) mass is 362 g/mol. The minimum Gasteiger partial charge on any atom is -0.393 e. The van der Waals surface area contributed by atoms with Crippen molar-refractivity contribution in [2.75, 3.05) is 0 Å². The van der Waals surface area contributed by atoms with Gasteiger partial charge in [0, 0.05) is 0 Å². The fourth-order valence-corrected chi connectivity index (χ4v) is 6.85. The third kappa shape index (κ3) is 5.73. The Kier molecular flexibility index (Phi) is 8.35. The molecule has 1 unspecified atom stereocenters. The summed E-state index contributed by atoms with van der Waals surface area (Å²) in [6.07, 6.45) is 23.3. The van der Waals surface area contributed by atoms with Gasteiger partial charge in [-0.15, -0.1) is 0 Å². The predicted octanol–water partition coefficient (Wildman–Crippen LogP) is 7.37. The third-order valence-corrected chi connectivity index (χ3v) is 8.64. The van der Waals surface area contributed by atoms with Crippen molar-refractivity contribution in [3.8, 4) is 0 Å². The summed E-state index contributed by atoms with van der Waals surface area (Å²) in [5.41, 5.74) is 0. The first-order chi connectivity index (χ1) is 12.7. The highest BCUT2D eigenvalue weighted by molar-refractivity contribution is 4.89. The lowest BCUT2D eigenvalue weighted by atomic mass is 9.60. The molecule has 0 aromatic rings. The van der Waals surface area contributed by atoms with Gasteiger partial charge in [0.15, 0.2) is 0 Å². The quantitative estimate of drug-likeness (QED) is 0.447. The molecule has 3 aliphatic carbocycles. The molecule has 3 fully saturated rings. The van der Waals surface area contributed by atoms with Crippen molar-refractivity contribution in [1.82, 2.24) is 0 Å². The van der Waals surface area contributed by atoms with Crippen LogP contribution in [0.2, 0.25) is 0 Å². The second-order valence-electron chi connectivity index (χ2n) is 10.4. The highest BCUT2D eigenvalue weighted by atomic mass is 16.3. The van der Waals surface area contributed by atoms with Gasteiger partial charge in [-0.3, -0.25) is 0 Å². The number of aliphatic hydroxyl groups is 1. The maximum atomic E-state index is 9.86. The van der Waals surface area contributed by atoms with E-state index in [1.807, 2.05) is 6.92 Å². The maximum absolute atomic E-state index is 9.86. The van der Waals surface area contributed by atoms with E-state index >= 15 is 0 Å². The second kappa shape index (κ2) is 10.5. The molecule has 1 N–H and O–H groups in total. The zero-order chi connectivity index (χ0) is 18.4. The standard InChI is InChI=1S/C25H46O/c1-3-4-5-6-7-8-20-9-10-25-18-24(16-15-23(25)17-20)22-13-11-21(12-14-22)19(2)26/h19-26H,3-18H2,1-2H3/t19?,20-,21?,22?,23-,24+,25+/m0/s1. The Morgan fingerprint density at radius 3 is 1.96 bits per heavy atom. The third-order valence-electron chi connectivity index (χ3n) is 8.64. The summed E-state index contributed by atoms with van der Waals surface area (Å²) in [6, 6.07) is 0. The predicted molar refractivity (Wildman–Crippen MR) is 112 cm³/mol. The van der Waals surface area contributed by atoms with Crippen LogP contribution in [0.4, 0.5) is 0 Å². The van der Waals surface area contributed by atoms with Crippen molar-refractivity contribution in [2.24, 2.45) is 35.5 Å². The van der Waals surface area contributed by atoms with Crippen LogP contribution in [-0.4, -0.2) is 11.2 Å². The average molecular weight is 363 g/mol. The number of aliphatic hydroxyl groups excluding tert-OH is 1. The molecule has 0 radical (unpaired) electrons. The van der Waals surface area contributed by atoms with E-state index in [2.05, 4.69) is 6.92 Å². The van der Waals surface area contributed by atoms with Crippen LogP contribution in [0.5, 0.6) is 0 Å². The number of fused-ring (bicyclic) bond motifs is 1. The molecule has 3 aliphatic rings. The van der Waals surface area contributed by atoms with Crippen LogP contribution in [0.1, 0.15) is 117 Å². The first-order valence-electron chi connectivity index (χ1n) is 12.3. The van der Waals surface area contributed by atoms with Gasteiger partial charge < -0.3 is 5.11 Å². The van der Waals surface area contributed by atoms with E-state index in [4.69, 9.17) is 0 Å². The van der Waals surface area contributed by atoms with Gasteiger partial charge in [-0.05, 0) is 100 Å². The minimum atomic E-state index is -0.0797. The van der Waals surface area contributed by atoms with Gasteiger partial charge in [-0.25, -0.2) is 0 Å². The molecule has 1 heteroatoms. The van der Waals surface area contributed by atoms with E-state index in [0.29, 0.717) is 5.92 Å². The van der Waals surface area contributed by atoms with Crippen LogP contribution in [0.15, 0.2) is 0 Å². The van der Waals surface area contributed by atoms with E-state index in [9.17, 15) is 5.11 Å². The number of hydrogen-bond acceptors (Lipinski definition) is 1. The second-order valence-corrected chi connectivity index (χ2v) is 10.4. The van der Waals surface area contributed by atoms with Crippen molar-refractivity contribution < 1.29 is 5.11 Å². The van der Waals surface area contributed by atoms with Crippen LogP contribution < -0.4 is 0 Å². The first kappa shape index (κ1) is 20.7. The zero-order valence-corrected chi connectivity index (χ0v) is 17.8. The summed E-state index contributed by atoms with van der Waals surface area (Å²) >= 11 is 0. The Morgan fingerprint density at radius 2 is 1.27 bits per heavy atom. The molecule has 5 atom stereocenters. The molecule has 0 amide bonds. The highest BCUT2D eigenvalue weighted by Crippen LogP contribution is 2.49. The van der Waals surface area contributed by atoms with Crippen molar-refractivity contribution in [3.63, 3.8) is 0 Å². The SMILES string of the molecule is CCCCCCC[C@H]1CC[C@@H]2C[C@H](C3CCC(C(C)O)CC3)CC[C@H]2C1. The molecule has 3 saturated carbocycles. The summed E-state index contributed by atoms with van der Waals surface area (Å²) < 4.78 is 0. The van der Waals surface area contributed by atoms with E-state index in [1.165, 1.54) is 83.5 Å². The van der Waals surface area contributed by atoms with Crippen LogP contribution in [0, 0.1) is 35.5 Å².